The van der Waals surface area contributed by atoms with E-state index in [1.807, 2.05) is 13.8 Å². The van der Waals surface area contributed by atoms with Gasteiger partial charge in [0.05, 0.1) is 0 Å². The van der Waals surface area contributed by atoms with Gasteiger partial charge in [-0.25, -0.2) is 0 Å². The molecule has 22 heavy (non-hydrogen) atoms. The number of aliphatic hydroxyl groups excluding tert-OH is 1. The standard InChI is InChI=1S/C19H38O3/c1-6-18(2,3)13-9-7-11-16(20)12-8-10-14-19(4,5)15-17(21)22/h17,21-22H,6-15H2,1-5H3. The topological polar surface area (TPSA) is 57.5 Å². The molecule has 0 aromatic heterocycles. The highest BCUT2D eigenvalue weighted by Crippen LogP contribution is 2.29. The Morgan fingerprint density at radius 3 is 1.73 bits per heavy atom. The molecule has 0 aliphatic carbocycles. The largest absolute Gasteiger partial charge is 0.368 e. The van der Waals surface area contributed by atoms with E-state index in [0.717, 1.165) is 38.5 Å². The lowest BCUT2D eigenvalue weighted by Crippen LogP contribution is -2.20. The minimum Gasteiger partial charge on any atom is -0.368 e. The third-order valence-corrected chi connectivity index (χ3v) is 4.81. The first-order valence-electron chi connectivity index (χ1n) is 8.96. The van der Waals surface area contributed by atoms with E-state index < -0.39 is 6.29 Å². The molecule has 0 aliphatic heterocycles. The Balaban J connectivity index is 3.66. The van der Waals surface area contributed by atoms with Gasteiger partial charge in [-0.05, 0) is 36.5 Å². The van der Waals surface area contributed by atoms with Crippen LogP contribution >= 0.6 is 0 Å². The highest BCUT2D eigenvalue weighted by atomic mass is 16.5. The van der Waals surface area contributed by atoms with Gasteiger partial charge < -0.3 is 10.2 Å². The molecule has 0 saturated heterocycles. The van der Waals surface area contributed by atoms with Gasteiger partial charge in [0.15, 0.2) is 6.29 Å². The Bertz CT molecular complexity index is 306. The molecule has 0 spiro atoms. The van der Waals surface area contributed by atoms with Crippen LogP contribution < -0.4 is 0 Å². The summed E-state index contributed by atoms with van der Waals surface area (Å²) in [5.41, 5.74) is 0.342. The quantitative estimate of drug-likeness (QED) is 0.378. The van der Waals surface area contributed by atoms with Crippen molar-refractivity contribution in [3.63, 3.8) is 0 Å². The van der Waals surface area contributed by atoms with Gasteiger partial charge in [0.1, 0.15) is 5.78 Å². The van der Waals surface area contributed by atoms with Gasteiger partial charge in [-0.2, -0.15) is 0 Å². The zero-order chi connectivity index (χ0) is 17.2. The molecule has 0 aromatic rings. The van der Waals surface area contributed by atoms with Gasteiger partial charge >= 0.3 is 0 Å². The van der Waals surface area contributed by atoms with E-state index in [1.54, 1.807) is 0 Å². The second-order valence-electron chi connectivity index (χ2n) is 8.32. The number of ketones is 1. The highest BCUT2D eigenvalue weighted by Gasteiger charge is 2.20. The maximum atomic E-state index is 11.9. The first kappa shape index (κ1) is 21.6. The lowest BCUT2D eigenvalue weighted by Gasteiger charge is -2.25. The summed E-state index contributed by atoms with van der Waals surface area (Å²) in [4.78, 5) is 11.9. The van der Waals surface area contributed by atoms with Gasteiger partial charge in [-0.1, -0.05) is 53.9 Å². The van der Waals surface area contributed by atoms with Crippen molar-refractivity contribution in [1.29, 1.82) is 0 Å². The molecule has 0 atom stereocenters. The molecule has 2 N–H and O–H groups in total. The first-order chi connectivity index (χ1) is 10.1. The van der Waals surface area contributed by atoms with Crippen molar-refractivity contribution >= 4 is 5.78 Å². The van der Waals surface area contributed by atoms with Gasteiger partial charge in [0.2, 0.25) is 0 Å². The molecular formula is C19H38O3. The van der Waals surface area contributed by atoms with Crippen molar-refractivity contribution in [3.05, 3.63) is 0 Å². The van der Waals surface area contributed by atoms with Crippen LogP contribution in [0.15, 0.2) is 0 Å². The first-order valence-corrected chi connectivity index (χ1v) is 8.96. The van der Waals surface area contributed by atoms with E-state index in [2.05, 4.69) is 20.8 Å². The predicted molar refractivity (Wildman–Crippen MR) is 92.6 cm³/mol. The molecule has 0 rings (SSSR count). The number of carbonyl (C=O) groups excluding carboxylic acids is 1. The molecular weight excluding hydrogens is 276 g/mol. The van der Waals surface area contributed by atoms with E-state index in [1.165, 1.54) is 12.8 Å². The van der Waals surface area contributed by atoms with E-state index in [4.69, 9.17) is 10.2 Å². The van der Waals surface area contributed by atoms with Crippen LogP contribution in [0.1, 0.15) is 98.8 Å². The van der Waals surface area contributed by atoms with Crippen molar-refractivity contribution < 1.29 is 15.0 Å². The maximum absolute atomic E-state index is 11.9. The average Bonchev–Trinajstić information content (AvgIpc) is 2.38. The molecule has 0 unspecified atom stereocenters. The molecule has 0 saturated carbocycles. The molecule has 3 nitrogen and oxygen atoms in total. The fraction of sp³-hybridized carbons (Fsp3) is 0.947. The monoisotopic (exact) mass is 314 g/mol. The van der Waals surface area contributed by atoms with Crippen LogP contribution in [0.3, 0.4) is 0 Å². The third kappa shape index (κ3) is 12.2. The average molecular weight is 315 g/mol. The summed E-state index contributed by atoms with van der Waals surface area (Å²) in [6.07, 6.45) is 7.96. The van der Waals surface area contributed by atoms with Crippen LogP contribution in [-0.4, -0.2) is 22.3 Å². The lowest BCUT2D eigenvalue weighted by molar-refractivity contribution is -0.119. The minimum absolute atomic E-state index is 0.0665. The summed E-state index contributed by atoms with van der Waals surface area (Å²) in [5.74, 6) is 0.384. The van der Waals surface area contributed by atoms with Gasteiger partial charge in [-0.15, -0.1) is 0 Å². The van der Waals surface area contributed by atoms with Gasteiger partial charge in [0, 0.05) is 19.3 Å². The molecule has 0 aliphatic rings. The molecule has 0 amide bonds. The maximum Gasteiger partial charge on any atom is 0.151 e. The summed E-state index contributed by atoms with van der Waals surface area (Å²) in [7, 11) is 0. The van der Waals surface area contributed by atoms with E-state index in [9.17, 15) is 4.79 Å². The van der Waals surface area contributed by atoms with E-state index >= 15 is 0 Å². The van der Waals surface area contributed by atoms with Crippen molar-refractivity contribution in [1.82, 2.24) is 0 Å². The number of aliphatic hydroxyl groups is 2. The van der Waals surface area contributed by atoms with E-state index in [-0.39, 0.29) is 5.41 Å². The van der Waals surface area contributed by atoms with Crippen molar-refractivity contribution in [2.24, 2.45) is 10.8 Å². The van der Waals surface area contributed by atoms with Crippen LogP contribution in [0, 0.1) is 10.8 Å². The molecule has 0 heterocycles. The molecule has 0 radical (unpaired) electrons. The van der Waals surface area contributed by atoms with E-state index in [0.29, 0.717) is 24.0 Å². The van der Waals surface area contributed by atoms with Crippen LogP contribution in [-0.2, 0) is 4.79 Å². The van der Waals surface area contributed by atoms with Crippen molar-refractivity contribution in [3.8, 4) is 0 Å². The number of carbonyl (C=O) groups is 1. The van der Waals surface area contributed by atoms with Crippen LogP contribution in [0.2, 0.25) is 0 Å². The van der Waals surface area contributed by atoms with Gasteiger partial charge in [-0.3, -0.25) is 4.79 Å². The van der Waals surface area contributed by atoms with Crippen LogP contribution in [0.5, 0.6) is 0 Å². The number of Topliss-reactive ketones (excluding diaryl/α,β-unsaturated/α-hetero) is 1. The fourth-order valence-electron chi connectivity index (χ4n) is 2.75. The lowest BCUT2D eigenvalue weighted by atomic mass is 9.83. The van der Waals surface area contributed by atoms with Crippen molar-refractivity contribution in [2.75, 3.05) is 0 Å². The van der Waals surface area contributed by atoms with Crippen LogP contribution in [0.25, 0.3) is 0 Å². The molecule has 0 aromatic carbocycles. The Labute approximate surface area is 137 Å². The molecule has 3 heteroatoms. The Hall–Kier alpha value is -0.410. The zero-order valence-corrected chi connectivity index (χ0v) is 15.5. The summed E-state index contributed by atoms with van der Waals surface area (Å²) in [6, 6.07) is 0. The number of hydrogen-bond acceptors (Lipinski definition) is 3. The minimum atomic E-state index is -1.23. The second-order valence-corrected chi connectivity index (χ2v) is 8.32. The number of hydrogen-bond donors (Lipinski definition) is 2. The fourth-order valence-corrected chi connectivity index (χ4v) is 2.75. The Morgan fingerprint density at radius 2 is 1.32 bits per heavy atom. The summed E-state index contributed by atoms with van der Waals surface area (Å²) in [5, 5.41) is 18.1. The third-order valence-electron chi connectivity index (χ3n) is 4.81. The van der Waals surface area contributed by atoms with Crippen molar-refractivity contribution in [2.45, 2.75) is 105 Å². The molecule has 132 valence electrons. The van der Waals surface area contributed by atoms with Gasteiger partial charge in [0.25, 0.3) is 0 Å². The normalized spacial score (nSPS) is 12.9. The Morgan fingerprint density at radius 1 is 0.864 bits per heavy atom. The number of unbranched alkanes of at least 4 members (excludes halogenated alkanes) is 2. The Kier molecular flexibility index (Phi) is 10.2. The smallest absolute Gasteiger partial charge is 0.151 e. The summed E-state index contributed by atoms with van der Waals surface area (Å²) < 4.78 is 0. The highest BCUT2D eigenvalue weighted by molar-refractivity contribution is 5.78. The summed E-state index contributed by atoms with van der Waals surface area (Å²) >= 11 is 0. The van der Waals surface area contributed by atoms with Crippen LogP contribution in [0.4, 0.5) is 0 Å². The zero-order valence-electron chi connectivity index (χ0n) is 15.5. The second kappa shape index (κ2) is 10.4. The molecule has 0 fully saturated rings. The predicted octanol–water partition coefficient (Wildman–Crippen LogP) is 4.84. The summed E-state index contributed by atoms with van der Waals surface area (Å²) in [6.45, 7) is 10.9. The molecule has 0 bridgehead atoms. The number of rotatable bonds is 13. The SMILES string of the molecule is CCC(C)(C)CCCCC(=O)CCCCC(C)(C)CC(O)O.